The summed E-state index contributed by atoms with van der Waals surface area (Å²) >= 11 is 6.99. The van der Waals surface area contributed by atoms with E-state index in [-0.39, 0.29) is 0 Å². The van der Waals surface area contributed by atoms with Crippen LogP contribution in [0.15, 0.2) is 22.9 Å². The van der Waals surface area contributed by atoms with Gasteiger partial charge in [0.25, 0.3) is 0 Å². The summed E-state index contributed by atoms with van der Waals surface area (Å²) < 4.78 is 1.03. The highest BCUT2D eigenvalue weighted by Crippen LogP contribution is 2.23. The molecule has 0 saturated heterocycles. The van der Waals surface area contributed by atoms with Gasteiger partial charge in [0.05, 0.1) is 10.2 Å². The molecule has 0 radical (unpaired) electrons. The first kappa shape index (κ1) is 11.0. The molecule has 0 saturated carbocycles. The van der Waals surface area contributed by atoms with E-state index in [9.17, 15) is 0 Å². The quantitative estimate of drug-likeness (QED) is 0.798. The Kier molecular flexibility index (Phi) is 4.19. The standard InChI is InChI=1S/C9H12Br2N2/c1-7(10)6-13(2)9-3-4-12-5-8(9)11/h3-5,7H,6H2,1-2H3. The summed E-state index contributed by atoms with van der Waals surface area (Å²) in [7, 11) is 2.07. The molecule has 2 nitrogen and oxygen atoms in total. The molecule has 1 aromatic rings. The highest BCUT2D eigenvalue weighted by atomic mass is 79.9. The number of rotatable bonds is 3. The van der Waals surface area contributed by atoms with Crippen LogP contribution in [0, 0.1) is 0 Å². The Morgan fingerprint density at radius 1 is 1.62 bits per heavy atom. The fourth-order valence-corrected chi connectivity index (χ4v) is 2.14. The highest BCUT2D eigenvalue weighted by molar-refractivity contribution is 9.10. The maximum atomic E-state index is 4.02. The van der Waals surface area contributed by atoms with E-state index in [1.165, 1.54) is 5.69 Å². The normalized spacial score (nSPS) is 12.6. The van der Waals surface area contributed by atoms with E-state index in [0.717, 1.165) is 11.0 Å². The smallest absolute Gasteiger partial charge is 0.0592 e. The first-order valence-electron chi connectivity index (χ1n) is 4.06. The monoisotopic (exact) mass is 306 g/mol. The third-order valence-corrected chi connectivity index (χ3v) is 2.59. The number of halogens is 2. The van der Waals surface area contributed by atoms with E-state index in [1.54, 1.807) is 6.20 Å². The van der Waals surface area contributed by atoms with Crippen LogP contribution in [0.1, 0.15) is 6.92 Å². The Morgan fingerprint density at radius 3 is 2.85 bits per heavy atom. The van der Waals surface area contributed by atoms with Crippen LogP contribution in [0.2, 0.25) is 0 Å². The summed E-state index contributed by atoms with van der Waals surface area (Å²) in [6, 6.07) is 2.00. The molecule has 4 heteroatoms. The molecular formula is C9H12Br2N2. The Hall–Kier alpha value is -0.0900. The largest absolute Gasteiger partial charge is 0.372 e. The summed E-state index contributed by atoms with van der Waals surface area (Å²) in [6.45, 7) is 3.11. The Bertz CT molecular complexity index is 276. The van der Waals surface area contributed by atoms with Gasteiger partial charge in [0, 0.05) is 30.8 Å². The first-order valence-corrected chi connectivity index (χ1v) is 5.77. The maximum Gasteiger partial charge on any atom is 0.0592 e. The third kappa shape index (κ3) is 3.27. The first-order chi connectivity index (χ1) is 6.11. The highest BCUT2D eigenvalue weighted by Gasteiger charge is 2.06. The second-order valence-corrected chi connectivity index (χ2v) is 5.41. The number of alkyl halides is 1. The topological polar surface area (TPSA) is 16.1 Å². The number of anilines is 1. The average molecular weight is 308 g/mol. The molecule has 0 aliphatic carbocycles. The van der Waals surface area contributed by atoms with Crippen molar-refractivity contribution in [2.24, 2.45) is 0 Å². The second kappa shape index (κ2) is 4.96. The Labute approximate surface area is 95.6 Å². The van der Waals surface area contributed by atoms with E-state index >= 15 is 0 Å². The number of nitrogens with zero attached hydrogens (tertiary/aromatic N) is 2. The summed E-state index contributed by atoms with van der Waals surface area (Å²) in [5, 5.41) is 0. The molecule has 1 aromatic heterocycles. The SMILES string of the molecule is CC(Br)CN(C)c1ccncc1Br. The van der Waals surface area contributed by atoms with E-state index in [4.69, 9.17) is 0 Å². The average Bonchev–Trinajstić information content (AvgIpc) is 2.03. The zero-order chi connectivity index (χ0) is 9.84. The molecule has 13 heavy (non-hydrogen) atoms. The van der Waals surface area contributed by atoms with Crippen molar-refractivity contribution in [3.63, 3.8) is 0 Å². The minimum Gasteiger partial charge on any atom is -0.372 e. The second-order valence-electron chi connectivity index (χ2n) is 2.99. The van der Waals surface area contributed by atoms with Gasteiger partial charge in [-0.3, -0.25) is 4.98 Å². The van der Waals surface area contributed by atoms with E-state index in [2.05, 4.69) is 55.7 Å². The van der Waals surface area contributed by atoms with Gasteiger partial charge in [-0.05, 0) is 22.0 Å². The van der Waals surface area contributed by atoms with Crippen LogP contribution < -0.4 is 4.90 Å². The lowest BCUT2D eigenvalue weighted by Crippen LogP contribution is -2.24. The van der Waals surface area contributed by atoms with Crippen molar-refractivity contribution in [1.29, 1.82) is 0 Å². The molecule has 1 rings (SSSR count). The van der Waals surface area contributed by atoms with Crippen LogP contribution in [-0.2, 0) is 0 Å². The molecule has 0 amide bonds. The van der Waals surface area contributed by atoms with Gasteiger partial charge in [-0.1, -0.05) is 22.9 Å². The minimum atomic E-state index is 0.484. The van der Waals surface area contributed by atoms with Gasteiger partial charge in [-0.15, -0.1) is 0 Å². The lowest BCUT2D eigenvalue weighted by atomic mass is 10.3. The van der Waals surface area contributed by atoms with Gasteiger partial charge < -0.3 is 4.90 Å². The van der Waals surface area contributed by atoms with Crippen molar-refractivity contribution in [3.05, 3.63) is 22.9 Å². The van der Waals surface area contributed by atoms with Crippen molar-refractivity contribution in [2.45, 2.75) is 11.8 Å². The number of hydrogen-bond donors (Lipinski definition) is 0. The number of pyridine rings is 1. The van der Waals surface area contributed by atoms with Crippen molar-refractivity contribution in [3.8, 4) is 0 Å². The summed E-state index contributed by atoms with van der Waals surface area (Å²) in [6.07, 6.45) is 3.61. The van der Waals surface area contributed by atoms with Crippen LogP contribution in [0.4, 0.5) is 5.69 Å². The molecule has 0 N–H and O–H groups in total. The van der Waals surface area contributed by atoms with E-state index < -0.39 is 0 Å². The Balaban J connectivity index is 2.76. The summed E-state index contributed by atoms with van der Waals surface area (Å²) in [5.41, 5.74) is 1.17. The minimum absolute atomic E-state index is 0.484. The van der Waals surface area contributed by atoms with Crippen molar-refractivity contribution in [1.82, 2.24) is 4.98 Å². The maximum absolute atomic E-state index is 4.02. The van der Waals surface area contributed by atoms with Gasteiger partial charge in [0.2, 0.25) is 0 Å². The van der Waals surface area contributed by atoms with Crippen LogP contribution in [0.3, 0.4) is 0 Å². The number of aromatic nitrogens is 1. The molecule has 72 valence electrons. The summed E-state index contributed by atoms with van der Waals surface area (Å²) in [5.74, 6) is 0. The molecule has 0 aliphatic heterocycles. The summed E-state index contributed by atoms with van der Waals surface area (Å²) in [4.78, 5) is 6.69. The number of hydrogen-bond acceptors (Lipinski definition) is 2. The zero-order valence-corrected chi connectivity index (χ0v) is 10.8. The lowest BCUT2D eigenvalue weighted by Gasteiger charge is -2.21. The van der Waals surface area contributed by atoms with Crippen LogP contribution in [-0.4, -0.2) is 23.4 Å². The predicted molar refractivity (Wildman–Crippen MR) is 63.6 cm³/mol. The van der Waals surface area contributed by atoms with Crippen molar-refractivity contribution < 1.29 is 0 Å². The molecular weight excluding hydrogens is 296 g/mol. The molecule has 0 bridgehead atoms. The molecule has 1 heterocycles. The fraction of sp³-hybridized carbons (Fsp3) is 0.444. The Morgan fingerprint density at radius 2 is 2.31 bits per heavy atom. The molecule has 1 unspecified atom stereocenters. The van der Waals surface area contributed by atoms with Crippen LogP contribution >= 0.6 is 31.9 Å². The van der Waals surface area contributed by atoms with Crippen molar-refractivity contribution in [2.75, 3.05) is 18.5 Å². The lowest BCUT2D eigenvalue weighted by molar-refractivity contribution is 0.874. The van der Waals surface area contributed by atoms with Gasteiger partial charge >= 0.3 is 0 Å². The van der Waals surface area contributed by atoms with Gasteiger partial charge in [0.15, 0.2) is 0 Å². The van der Waals surface area contributed by atoms with Gasteiger partial charge in [0.1, 0.15) is 0 Å². The van der Waals surface area contributed by atoms with Crippen molar-refractivity contribution >= 4 is 37.5 Å². The van der Waals surface area contributed by atoms with Crippen LogP contribution in [0.25, 0.3) is 0 Å². The molecule has 0 aromatic carbocycles. The third-order valence-electron chi connectivity index (χ3n) is 1.69. The van der Waals surface area contributed by atoms with Crippen LogP contribution in [0.5, 0.6) is 0 Å². The zero-order valence-electron chi connectivity index (χ0n) is 7.67. The molecule has 1 atom stereocenters. The molecule has 0 fully saturated rings. The molecule has 0 spiro atoms. The van der Waals surface area contributed by atoms with Gasteiger partial charge in [-0.2, -0.15) is 0 Å². The van der Waals surface area contributed by atoms with E-state index in [0.29, 0.717) is 4.83 Å². The fourth-order valence-electron chi connectivity index (χ4n) is 1.15. The van der Waals surface area contributed by atoms with Gasteiger partial charge in [-0.25, -0.2) is 0 Å². The molecule has 0 aliphatic rings. The van der Waals surface area contributed by atoms with E-state index in [1.807, 2.05) is 12.3 Å². The predicted octanol–water partition coefficient (Wildman–Crippen LogP) is 3.06.